The smallest absolute Gasteiger partial charge is 0.239 e. The highest BCUT2D eigenvalue weighted by molar-refractivity contribution is 7.89. The number of anilines is 1. The molecule has 0 amide bonds. The van der Waals surface area contributed by atoms with Crippen molar-refractivity contribution in [3.63, 3.8) is 0 Å². The Morgan fingerprint density at radius 2 is 1.91 bits per heavy atom. The van der Waals surface area contributed by atoms with Gasteiger partial charge in [-0.25, -0.2) is 27.0 Å². The van der Waals surface area contributed by atoms with Gasteiger partial charge in [-0.05, 0) is 22.4 Å². The number of thiol groups is 1. The van der Waals surface area contributed by atoms with E-state index in [1.54, 1.807) is 18.2 Å². The summed E-state index contributed by atoms with van der Waals surface area (Å²) >= 11 is 0. The fraction of sp³-hybridized carbons (Fsp3) is 0.176. The second-order valence-corrected chi connectivity index (χ2v) is 9.67. The summed E-state index contributed by atoms with van der Waals surface area (Å²) in [5.41, 5.74) is 12.6. The van der Waals surface area contributed by atoms with Gasteiger partial charge in [0, 0.05) is 12.1 Å². The topological polar surface area (TPSA) is 250 Å². The first-order valence-corrected chi connectivity index (χ1v) is 12.1. The third-order valence-electron chi connectivity index (χ3n) is 5.01. The number of benzene rings is 2. The van der Waals surface area contributed by atoms with Gasteiger partial charge in [-0.3, -0.25) is 0 Å². The van der Waals surface area contributed by atoms with Crippen LogP contribution >= 0.6 is 0 Å². The molecule has 2 atom stereocenters. The van der Waals surface area contributed by atoms with E-state index in [4.69, 9.17) is 16.6 Å². The summed E-state index contributed by atoms with van der Waals surface area (Å²) in [4.78, 5) is 6.55. The first kappa shape index (κ1) is 22.7. The molecule has 0 aliphatic carbocycles. The van der Waals surface area contributed by atoms with Gasteiger partial charge in [0.2, 0.25) is 15.8 Å². The number of sulfonamides is 1. The van der Waals surface area contributed by atoms with Crippen LogP contribution in [0.5, 0.6) is 0 Å². The van der Waals surface area contributed by atoms with Gasteiger partial charge in [-0.15, -0.1) is 10.2 Å². The number of aliphatic hydroxyl groups is 1. The van der Waals surface area contributed by atoms with Crippen molar-refractivity contribution in [1.82, 2.24) is 30.6 Å². The number of hydrogen-bond donors (Lipinski definition) is 7. The second-order valence-electron chi connectivity index (χ2n) is 7.04. The molecule has 2 heterocycles. The van der Waals surface area contributed by atoms with Crippen LogP contribution in [0.2, 0.25) is 0 Å². The zero-order valence-corrected chi connectivity index (χ0v) is 18.4. The minimum atomic E-state index is -4.58. The minimum absolute atomic E-state index is 0.121. The molecule has 2 aromatic carbocycles. The van der Waals surface area contributed by atoms with E-state index in [-0.39, 0.29) is 28.5 Å². The largest absolute Gasteiger partial charge is 0.390 e. The maximum atomic E-state index is 12.8. The lowest BCUT2D eigenvalue weighted by atomic mass is 9.94. The highest BCUT2D eigenvalue weighted by Gasteiger charge is 2.34. The van der Waals surface area contributed by atoms with Crippen LogP contribution in [0.15, 0.2) is 35.2 Å². The number of H-pyrrole nitrogens is 2. The minimum Gasteiger partial charge on any atom is -0.390 e. The predicted molar refractivity (Wildman–Crippen MR) is 119 cm³/mol. The van der Waals surface area contributed by atoms with Gasteiger partial charge in [-0.2, -0.15) is 5.21 Å². The summed E-state index contributed by atoms with van der Waals surface area (Å²) in [5.74, 6) is -0.0326. The van der Waals surface area contributed by atoms with E-state index >= 15 is 0 Å². The quantitative estimate of drug-likeness (QED) is 0.148. The molecule has 0 bridgehead atoms. The van der Waals surface area contributed by atoms with Gasteiger partial charge < -0.3 is 21.6 Å². The highest BCUT2D eigenvalue weighted by Crippen LogP contribution is 2.42. The molecule has 0 aliphatic rings. The van der Waals surface area contributed by atoms with E-state index in [9.17, 15) is 21.9 Å². The summed E-state index contributed by atoms with van der Waals surface area (Å²) in [6.07, 6.45) is -1.59. The number of hydrogen-bond acceptors (Lipinski definition) is 11. The molecule has 0 aliphatic heterocycles. The van der Waals surface area contributed by atoms with Gasteiger partial charge in [0.05, 0.1) is 27.6 Å². The summed E-state index contributed by atoms with van der Waals surface area (Å²) in [5, 5.41) is 27.6. The Hall–Kier alpha value is -3.44. The van der Waals surface area contributed by atoms with Crippen molar-refractivity contribution in [2.45, 2.75) is 16.2 Å². The van der Waals surface area contributed by atoms with Crippen molar-refractivity contribution in [1.29, 1.82) is 0 Å². The number of nitrogen functional groups attached to an aromatic ring is 1. The maximum absolute atomic E-state index is 12.8. The van der Waals surface area contributed by atoms with Crippen molar-refractivity contribution in [2.75, 3.05) is 12.3 Å². The molecule has 16 heteroatoms. The molecule has 0 saturated carbocycles. The molecule has 1 unspecified atom stereocenters. The van der Waals surface area contributed by atoms with Gasteiger partial charge in [0.25, 0.3) is 0 Å². The Kier molecular flexibility index (Phi) is 5.85. The molecule has 4 aromatic rings. The average molecular weight is 494 g/mol. The number of nitrogens with one attached hydrogen (secondary N) is 2. The zero-order chi connectivity index (χ0) is 23.9. The molecule has 9 N–H and O–H groups in total. The van der Waals surface area contributed by atoms with Crippen LogP contribution in [0.4, 0.5) is 5.95 Å². The molecule has 0 spiro atoms. The van der Waals surface area contributed by atoms with Crippen LogP contribution in [0.1, 0.15) is 10.8 Å². The lowest BCUT2D eigenvalue weighted by Gasteiger charge is -2.22. The zero-order valence-electron chi connectivity index (χ0n) is 16.7. The van der Waals surface area contributed by atoms with Crippen LogP contribution < -0.4 is 16.6 Å². The van der Waals surface area contributed by atoms with E-state index in [1.807, 2.05) is 0 Å². The number of aromatic nitrogens is 6. The van der Waals surface area contributed by atoms with Gasteiger partial charge in [-0.1, -0.05) is 24.3 Å². The number of tetrazole rings is 1. The SMILES string of the molecule is NC[C@H](O)C(c1ccc(-c2cccc3[nH]c(N)nc23)c(-c2nn[nH]n2)c1S(N)(=O)=O)[SH](=O)=O. The van der Waals surface area contributed by atoms with Crippen LogP contribution in [-0.4, -0.2) is 65.2 Å². The van der Waals surface area contributed by atoms with Crippen LogP contribution in [0.25, 0.3) is 33.5 Å². The van der Waals surface area contributed by atoms with E-state index < -0.39 is 43.5 Å². The molecule has 0 fully saturated rings. The second kappa shape index (κ2) is 8.49. The number of nitrogens with zero attached hydrogens (tertiary/aromatic N) is 4. The Morgan fingerprint density at radius 1 is 1.15 bits per heavy atom. The maximum Gasteiger partial charge on any atom is 0.239 e. The summed E-state index contributed by atoms with van der Waals surface area (Å²) in [6, 6.07) is 7.79. The molecular weight excluding hydrogens is 474 g/mol. The van der Waals surface area contributed by atoms with Crippen LogP contribution in [0.3, 0.4) is 0 Å². The number of aliphatic hydroxyl groups excluding tert-OH is 1. The number of para-hydroxylation sites is 1. The average Bonchev–Trinajstić information content (AvgIpc) is 3.40. The number of imidazole rings is 1. The summed E-state index contributed by atoms with van der Waals surface area (Å²) in [7, 11) is -7.94. The monoisotopic (exact) mass is 493 g/mol. The van der Waals surface area contributed by atoms with Gasteiger partial charge in [0.1, 0.15) is 16.0 Å². The molecular formula is C17H19N9O5S2. The van der Waals surface area contributed by atoms with Gasteiger partial charge >= 0.3 is 0 Å². The molecule has 0 radical (unpaired) electrons. The summed E-state index contributed by atoms with van der Waals surface area (Å²) < 4.78 is 49.6. The number of aromatic amines is 2. The third-order valence-corrected chi connectivity index (χ3v) is 7.10. The van der Waals surface area contributed by atoms with Crippen molar-refractivity contribution >= 4 is 37.7 Å². The number of fused-ring (bicyclic) bond motifs is 1. The predicted octanol–water partition coefficient (Wildman–Crippen LogP) is -1.39. The highest BCUT2D eigenvalue weighted by atomic mass is 32.2. The Labute approximate surface area is 188 Å². The lowest BCUT2D eigenvalue weighted by Crippen LogP contribution is -2.30. The normalized spacial score (nSPS) is 14.1. The first-order chi connectivity index (χ1) is 15.6. The Bertz CT molecular complexity index is 1510. The van der Waals surface area contributed by atoms with E-state index in [1.165, 1.54) is 12.1 Å². The molecule has 0 saturated heterocycles. The molecule has 14 nitrogen and oxygen atoms in total. The Morgan fingerprint density at radius 3 is 2.52 bits per heavy atom. The molecule has 33 heavy (non-hydrogen) atoms. The van der Waals surface area contributed by atoms with E-state index in [0.717, 1.165) is 0 Å². The van der Waals surface area contributed by atoms with Crippen molar-refractivity contribution in [3.05, 3.63) is 35.9 Å². The number of nitrogens with two attached hydrogens (primary N) is 3. The third kappa shape index (κ3) is 4.05. The van der Waals surface area contributed by atoms with Crippen LogP contribution in [-0.2, 0) is 20.7 Å². The fourth-order valence-corrected chi connectivity index (χ4v) is 5.65. The van der Waals surface area contributed by atoms with Gasteiger partial charge in [0.15, 0.2) is 5.95 Å². The van der Waals surface area contributed by atoms with E-state index in [2.05, 4.69) is 30.6 Å². The number of primary sulfonamides is 1. The Balaban J connectivity index is 2.17. The van der Waals surface area contributed by atoms with Crippen LogP contribution in [0, 0.1) is 0 Å². The summed E-state index contributed by atoms with van der Waals surface area (Å²) in [6.45, 7) is -0.441. The lowest BCUT2D eigenvalue weighted by molar-refractivity contribution is 0.177. The van der Waals surface area contributed by atoms with Crippen molar-refractivity contribution < 1.29 is 21.9 Å². The molecule has 174 valence electrons. The van der Waals surface area contributed by atoms with Crippen molar-refractivity contribution in [2.24, 2.45) is 10.9 Å². The molecule has 2 aromatic heterocycles. The molecule has 4 rings (SSSR count). The van der Waals surface area contributed by atoms with E-state index in [0.29, 0.717) is 16.6 Å². The fourth-order valence-electron chi connectivity index (χ4n) is 3.71. The van der Waals surface area contributed by atoms with Crippen molar-refractivity contribution in [3.8, 4) is 22.5 Å². The first-order valence-electron chi connectivity index (χ1n) is 9.33. The number of rotatable bonds is 7. The standard InChI is InChI=1S/C17H19N9O5S2/c18-6-11(27)14(32(28)29)9-5-4-7(8-2-1-3-10-13(8)22-17(19)21-10)12(15(9)33(20,30)31)16-23-25-26-24-16/h1-5,11,14,27,32H,6,18H2,(H3,19,21,22)(H2,20,30,31)(H,23,24,25,26)/t11-,14?/m0/s1.